The van der Waals surface area contributed by atoms with E-state index in [1.165, 1.54) is 0 Å². The number of benzene rings is 1. The van der Waals surface area contributed by atoms with Gasteiger partial charge in [-0.3, -0.25) is 9.78 Å². The van der Waals surface area contributed by atoms with Crippen molar-refractivity contribution in [3.8, 4) is 0 Å². The van der Waals surface area contributed by atoms with Crippen LogP contribution >= 0.6 is 0 Å². The van der Waals surface area contributed by atoms with Crippen molar-refractivity contribution >= 4 is 22.7 Å². The second-order valence-corrected chi connectivity index (χ2v) is 7.10. The number of fused-ring (bicyclic) bond motifs is 2. The summed E-state index contributed by atoms with van der Waals surface area (Å²) in [5.74, 6) is -0.291. The van der Waals surface area contributed by atoms with Crippen LogP contribution in [0.3, 0.4) is 0 Å². The summed E-state index contributed by atoms with van der Waals surface area (Å²) in [6, 6.07) is 7.75. The molecule has 2 aliphatic rings. The molecule has 0 N–H and O–H groups in total. The molecule has 4 rings (SSSR count). The number of Topliss-reactive ketones (excluding diaryl/α,β-unsaturated/α-hetero) is 1. The predicted octanol–water partition coefficient (Wildman–Crippen LogP) is 4.17. The zero-order valence-corrected chi connectivity index (χ0v) is 14.4. The van der Waals surface area contributed by atoms with Crippen LogP contribution in [0.25, 0.3) is 10.9 Å². The fourth-order valence-electron chi connectivity index (χ4n) is 4.05. The topological polar surface area (TPSA) is 56.3 Å². The van der Waals surface area contributed by atoms with Gasteiger partial charge >= 0.3 is 5.97 Å². The van der Waals surface area contributed by atoms with Crippen LogP contribution in [0.5, 0.6) is 0 Å². The van der Waals surface area contributed by atoms with Crippen LogP contribution in [0.4, 0.5) is 0 Å². The molecule has 4 nitrogen and oxygen atoms in total. The van der Waals surface area contributed by atoms with Gasteiger partial charge in [0, 0.05) is 17.5 Å². The lowest BCUT2D eigenvalue weighted by Crippen LogP contribution is -2.30. The molecule has 0 unspecified atom stereocenters. The molecule has 1 heterocycles. The zero-order chi connectivity index (χ0) is 17.2. The van der Waals surface area contributed by atoms with E-state index in [-0.39, 0.29) is 11.8 Å². The monoisotopic (exact) mass is 337 g/mol. The summed E-state index contributed by atoms with van der Waals surface area (Å²) in [6.07, 6.45) is 7.53. The minimum atomic E-state index is -0.574. The first-order valence-corrected chi connectivity index (χ1v) is 9.38. The van der Waals surface area contributed by atoms with Crippen molar-refractivity contribution in [2.24, 2.45) is 0 Å². The average molecular weight is 337 g/mol. The van der Waals surface area contributed by atoms with Gasteiger partial charge in [-0.15, -0.1) is 0 Å². The Morgan fingerprint density at radius 2 is 1.80 bits per heavy atom. The number of carbonyl (C=O) groups is 2. The first-order valence-electron chi connectivity index (χ1n) is 9.38. The Balaban J connectivity index is 1.77. The Morgan fingerprint density at radius 3 is 2.68 bits per heavy atom. The summed E-state index contributed by atoms with van der Waals surface area (Å²) in [5.41, 5.74) is 3.54. The van der Waals surface area contributed by atoms with Gasteiger partial charge in [0.15, 0.2) is 11.9 Å². The molecule has 0 amide bonds. The fourth-order valence-corrected chi connectivity index (χ4v) is 4.05. The van der Waals surface area contributed by atoms with E-state index in [2.05, 4.69) is 0 Å². The van der Waals surface area contributed by atoms with Gasteiger partial charge in [0.2, 0.25) is 0 Å². The Kier molecular flexibility index (Phi) is 4.51. The van der Waals surface area contributed by atoms with Gasteiger partial charge < -0.3 is 4.74 Å². The van der Waals surface area contributed by atoms with Gasteiger partial charge in [-0.1, -0.05) is 24.6 Å². The minimum absolute atomic E-state index is 0.0593. The Labute approximate surface area is 147 Å². The van der Waals surface area contributed by atoms with Crippen molar-refractivity contribution < 1.29 is 14.3 Å². The van der Waals surface area contributed by atoms with Crippen molar-refractivity contribution in [2.75, 3.05) is 0 Å². The number of carbonyl (C=O) groups excluding carboxylic acids is 2. The van der Waals surface area contributed by atoms with Crippen molar-refractivity contribution in [1.82, 2.24) is 4.98 Å². The van der Waals surface area contributed by atoms with Gasteiger partial charge in [0.25, 0.3) is 0 Å². The molecule has 0 bridgehead atoms. The SMILES string of the molecule is O=C(O[C@H]1CCCCC1=O)c1c2c(nc3ccccc13)CCCCC2. The lowest BCUT2D eigenvalue weighted by Gasteiger charge is -2.22. The summed E-state index contributed by atoms with van der Waals surface area (Å²) in [6.45, 7) is 0. The highest BCUT2D eigenvalue weighted by Crippen LogP contribution is 2.30. The molecule has 0 aliphatic heterocycles. The van der Waals surface area contributed by atoms with Crippen LogP contribution in [0.1, 0.15) is 66.6 Å². The lowest BCUT2D eigenvalue weighted by molar-refractivity contribution is -0.129. The zero-order valence-electron chi connectivity index (χ0n) is 14.4. The average Bonchev–Trinajstić information content (AvgIpc) is 2.86. The van der Waals surface area contributed by atoms with E-state index in [9.17, 15) is 9.59 Å². The molecule has 4 heteroatoms. The van der Waals surface area contributed by atoms with E-state index in [1.807, 2.05) is 24.3 Å². The summed E-state index contributed by atoms with van der Waals surface area (Å²) >= 11 is 0. The van der Waals surface area contributed by atoms with E-state index < -0.39 is 6.10 Å². The molecule has 0 radical (unpaired) electrons. The normalized spacial score (nSPS) is 20.8. The smallest absolute Gasteiger partial charge is 0.339 e. The number of pyridine rings is 1. The van der Waals surface area contributed by atoms with Gasteiger partial charge in [0.05, 0.1) is 11.1 Å². The van der Waals surface area contributed by atoms with Crippen molar-refractivity contribution in [2.45, 2.75) is 63.9 Å². The Morgan fingerprint density at radius 1 is 1.00 bits per heavy atom. The largest absolute Gasteiger partial charge is 0.451 e. The summed E-state index contributed by atoms with van der Waals surface area (Å²) in [4.78, 5) is 29.9. The highest BCUT2D eigenvalue weighted by molar-refractivity contribution is 6.06. The molecule has 2 aliphatic carbocycles. The van der Waals surface area contributed by atoms with Crippen LogP contribution in [-0.4, -0.2) is 22.8 Å². The summed E-state index contributed by atoms with van der Waals surface area (Å²) in [7, 11) is 0. The number of esters is 1. The molecule has 1 fully saturated rings. The molecule has 1 saturated carbocycles. The molecule has 2 aromatic rings. The van der Waals surface area contributed by atoms with Crippen LogP contribution in [0.15, 0.2) is 24.3 Å². The van der Waals surface area contributed by atoms with Gasteiger partial charge in [-0.2, -0.15) is 0 Å². The third-order valence-corrected chi connectivity index (χ3v) is 5.37. The highest BCUT2D eigenvalue weighted by Gasteiger charge is 2.29. The maximum atomic E-state index is 13.1. The second kappa shape index (κ2) is 6.95. The number of ketones is 1. The van der Waals surface area contributed by atoms with Crippen molar-refractivity contribution in [3.05, 3.63) is 41.1 Å². The molecular weight excluding hydrogens is 314 g/mol. The number of aromatic nitrogens is 1. The maximum Gasteiger partial charge on any atom is 0.339 e. The Hall–Kier alpha value is -2.23. The van der Waals surface area contributed by atoms with Crippen LogP contribution in [-0.2, 0) is 22.4 Å². The fraction of sp³-hybridized carbons (Fsp3) is 0.476. The third-order valence-electron chi connectivity index (χ3n) is 5.37. The molecule has 1 aromatic heterocycles. The lowest BCUT2D eigenvalue weighted by atomic mass is 9.95. The number of rotatable bonds is 2. The number of hydrogen-bond donors (Lipinski definition) is 0. The molecule has 1 atom stereocenters. The van der Waals surface area contributed by atoms with E-state index in [0.717, 1.165) is 67.1 Å². The third kappa shape index (κ3) is 3.17. The number of ether oxygens (including phenoxy) is 1. The Bertz CT molecular complexity index is 827. The molecular formula is C21H23NO3. The van der Waals surface area contributed by atoms with E-state index in [4.69, 9.17) is 9.72 Å². The van der Waals surface area contributed by atoms with Crippen molar-refractivity contribution in [3.63, 3.8) is 0 Å². The maximum absolute atomic E-state index is 13.1. The van der Waals surface area contributed by atoms with E-state index in [1.54, 1.807) is 0 Å². The summed E-state index contributed by atoms with van der Waals surface area (Å²) < 4.78 is 5.69. The van der Waals surface area contributed by atoms with E-state index >= 15 is 0 Å². The summed E-state index contributed by atoms with van der Waals surface area (Å²) in [5, 5.41) is 0.844. The number of hydrogen-bond acceptors (Lipinski definition) is 4. The van der Waals surface area contributed by atoms with E-state index in [0.29, 0.717) is 18.4 Å². The van der Waals surface area contributed by atoms with Gasteiger partial charge in [-0.05, 0) is 56.6 Å². The number of para-hydroxylation sites is 1. The van der Waals surface area contributed by atoms with Crippen LogP contribution < -0.4 is 0 Å². The molecule has 0 saturated heterocycles. The first kappa shape index (κ1) is 16.2. The quantitative estimate of drug-likeness (QED) is 0.609. The molecule has 1 aromatic carbocycles. The van der Waals surface area contributed by atoms with Crippen LogP contribution in [0.2, 0.25) is 0 Å². The van der Waals surface area contributed by atoms with Crippen molar-refractivity contribution in [1.29, 1.82) is 0 Å². The standard InChI is InChI=1S/C21H23NO3/c23-18-12-6-7-13-19(18)25-21(24)20-14-8-2-1-3-10-16(14)22-17-11-5-4-9-15(17)20/h4-5,9,11,19H,1-3,6-8,10,12-13H2/t19-/m0/s1. The minimum Gasteiger partial charge on any atom is -0.451 e. The van der Waals surface area contributed by atoms with Crippen LogP contribution in [0, 0.1) is 0 Å². The molecule has 0 spiro atoms. The van der Waals surface area contributed by atoms with Gasteiger partial charge in [0.1, 0.15) is 0 Å². The van der Waals surface area contributed by atoms with Gasteiger partial charge in [-0.25, -0.2) is 4.79 Å². The number of nitrogens with zero attached hydrogens (tertiary/aromatic N) is 1. The second-order valence-electron chi connectivity index (χ2n) is 7.10. The number of aryl methyl sites for hydroxylation is 1. The molecule has 130 valence electrons. The predicted molar refractivity (Wildman–Crippen MR) is 95.7 cm³/mol. The highest BCUT2D eigenvalue weighted by atomic mass is 16.5. The first-order chi connectivity index (χ1) is 12.2. The molecule has 25 heavy (non-hydrogen) atoms.